The molecule has 1 aromatic rings. The van der Waals surface area contributed by atoms with Crippen molar-refractivity contribution < 1.29 is 13.9 Å². The molecule has 7 heteroatoms. The van der Waals surface area contributed by atoms with E-state index in [1.807, 2.05) is 6.07 Å². The highest BCUT2D eigenvalue weighted by molar-refractivity contribution is 14.0. The van der Waals surface area contributed by atoms with Crippen LogP contribution in [0.15, 0.2) is 29.3 Å². The highest BCUT2D eigenvalue weighted by Gasteiger charge is 2.44. The zero-order chi connectivity index (χ0) is 18.0. The molecule has 1 fully saturated rings. The summed E-state index contributed by atoms with van der Waals surface area (Å²) in [5.74, 6) is 0.627. The quantitative estimate of drug-likeness (QED) is 0.222. The number of hydrogen-bond acceptors (Lipinski definition) is 3. The summed E-state index contributed by atoms with van der Waals surface area (Å²) in [6, 6.07) is 6.94. The van der Waals surface area contributed by atoms with Gasteiger partial charge in [0.2, 0.25) is 0 Å². The molecule has 1 aliphatic rings. The van der Waals surface area contributed by atoms with Gasteiger partial charge < -0.3 is 20.1 Å². The third-order valence-corrected chi connectivity index (χ3v) is 4.55. The Bertz CT molecular complexity index is 553. The predicted molar refractivity (Wildman–Crippen MR) is 114 cm³/mol. The van der Waals surface area contributed by atoms with Crippen LogP contribution in [0.5, 0.6) is 0 Å². The molecule has 1 saturated carbocycles. The lowest BCUT2D eigenvalue weighted by Gasteiger charge is -2.19. The molecule has 0 aromatic heterocycles. The molecule has 148 valence electrons. The van der Waals surface area contributed by atoms with Gasteiger partial charge in [-0.3, -0.25) is 4.99 Å². The first-order valence-corrected chi connectivity index (χ1v) is 8.97. The summed E-state index contributed by atoms with van der Waals surface area (Å²) in [6.07, 6.45) is 4.18. The van der Waals surface area contributed by atoms with Crippen LogP contribution in [0.25, 0.3) is 0 Å². The van der Waals surface area contributed by atoms with E-state index < -0.39 is 0 Å². The molecule has 2 rings (SSSR count). The van der Waals surface area contributed by atoms with Gasteiger partial charge in [0.15, 0.2) is 5.96 Å². The number of rotatable bonds is 11. The molecule has 0 atom stereocenters. The van der Waals surface area contributed by atoms with Crippen molar-refractivity contribution in [1.29, 1.82) is 0 Å². The Morgan fingerprint density at radius 1 is 1.19 bits per heavy atom. The van der Waals surface area contributed by atoms with Crippen LogP contribution in [-0.2, 0) is 14.9 Å². The summed E-state index contributed by atoms with van der Waals surface area (Å²) >= 11 is 0. The van der Waals surface area contributed by atoms with Crippen molar-refractivity contribution in [3.63, 3.8) is 0 Å². The van der Waals surface area contributed by atoms with E-state index in [1.165, 1.54) is 6.07 Å². The fourth-order valence-corrected chi connectivity index (χ4v) is 2.79. The monoisotopic (exact) mass is 479 g/mol. The maximum atomic E-state index is 13.5. The molecule has 5 nitrogen and oxygen atoms in total. The molecule has 0 saturated heterocycles. The van der Waals surface area contributed by atoms with Gasteiger partial charge >= 0.3 is 0 Å². The van der Waals surface area contributed by atoms with Crippen LogP contribution in [0, 0.1) is 5.82 Å². The molecule has 0 amide bonds. The fourth-order valence-electron chi connectivity index (χ4n) is 2.79. The molecule has 0 radical (unpaired) electrons. The summed E-state index contributed by atoms with van der Waals surface area (Å²) in [7, 11) is 3.44. The number of aliphatic imine (C=N–C) groups is 1. The smallest absolute Gasteiger partial charge is 0.191 e. The van der Waals surface area contributed by atoms with Crippen LogP contribution >= 0.6 is 24.0 Å². The molecule has 0 spiro atoms. The Balaban J connectivity index is 0.00000338. The number of nitrogens with one attached hydrogen (secondary N) is 2. The highest BCUT2D eigenvalue weighted by atomic mass is 127. The molecule has 0 heterocycles. The molecule has 0 unspecified atom stereocenters. The molecule has 1 aromatic carbocycles. The highest BCUT2D eigenvalue weighted by Crippen LogP contribution is 2.47. The third kappa shape index (κ3) is 7.75. The summed E-state index contributed by atoms with van der Waals surface area (Å²) in [6.45, 7) is 3.66. The molecular weight excluding hydrogens is 448 g/mol. The van der Waals surface area contributed by atoms with Gasteiger partial charge in [0.1, 0.15) is 5.82 Å². The van der Waals surface area contributed by atoms with E-state index in [-0.39, 0.29) is 35.2 Å². The average molecular weight is 479 g/mol. The summed E-state index contributed by atoms with van der Waals surface area (Å²) < 4.78 is 23.8. The van der Waals surface area contributed by atoms with Gasteiger partial charge in [-0.15, -0.1) is 24.0 Å². The second kappa shape index (κ2) is 12.5. The molecular formula is C19H31FIN3O2. The maximum Gasteiger partial charge on any atom is 0.191 e. The van der Waals surface area contributed by atoms with E-state index in [1.54, 1.807) is 26.3 Å². The fraction of sp³-hybridized carbons (Fsp3) is 0.632. The predicted octanol–water partition coefficient (Wildman–Crippen LogP) is 3.08. The lowest BCUT2D eigenvalue weighted by atomic mass is 9.96. The molecule has 0 bridgehead atoms. The molecule has 26 heavy (non-hydrogen) atoms. The largest absolute Gasteiger partial charge is 0.382 e. The first-order chi connectivity index (χ1) is 12.2. The lowest BCUT2D eigenvalue weighted by molar-refractivity contribution is 0.0689. The van der Waals surface area contributed by atoms with Crippen molar-refractivity contribution in [1.82, 2.24) is 10.6 Å². The van der Waals surface area contributed by atoms with Crippen LogP contribution in [0.2, 0.25) is 0 Å². The minimum Gasteiger partial charge on any atom is -0.382 e. The Kier molecular flexibility index (Phi) is 11.1. The summed E-state index contributed by atoms with van der Waals surface area (Å²) in [5.41, 5.74) is 1.12. The average Bonchev–Trinajstić information content (AvgIpc) is 3.41. The Labute approximate surface area is 173 Å². The van der Waals surface area contributed by atoms with E-state index in [0.29, 0.717) is 13.2 Å². The van der Waals surface area contributed by atoms with Crippen molar-refractivity contribution in [2.24, 2.45) is 4.99 Å². The number of methoxy groups -OCH3 is 1. The summed E-state index contributed by atoms with van der Waals surface area (Å²) in [4.78, 5) is 4.26. The third-order valence-electron chi connectivity index (χ3n) is 4.55. The number of unbranched alkanes of at least 4 members (excludes halogenated alkanes) is 1. The van der Waals surface area contributed by atoms with Crippen molar-refractivity contribution in [3.8, 4) is 0 Å². The van der Waals surface area contributed by atoms with Crippen molar-refractivity contribution in [2.45, 2.75) is 31.1 Å². The van der Waals surface area contributed by atoms with Gasteiger partial charge in [-0.05, 0) is 43.4 Å². The van der Waals surface area contributed by atoms with Crippen LogP contribution in [0.1, 0.15) is 31.2 Å². The van der Waals surface area contributed by atoms with Gasteiger partial charge in [-0.2, -0.15) is 0 Å². The zero-order valence-corrected chi connectivity index (χ0v) is 18.1. The number of guanidine groups is 1. The van der Waals surface area contributed by atoms with Crippen molar-refractivity contribution in [3.05, 3.63) is 35.6 Å². The topological polar surface area (TPSA) is 54.9 Å². The van der Waals surface area contributed by atoms with E-state index in [2.05, 4.69) is 15.6 Å². The SMILES string of the molecule is CN=C(NCCCCOCCOC)NCC1(c2cccc(F)c2)CC1.I. The lowest BCUT2D eigenvalue weighted by Crippen LogP contribution is -2.41. The summed E-state index contributed by atoms with van der Waals surface area (Å²) in [5, 5.41) is 6.70. The second-order valence-corrected chi connectivity index (χ2v) is 6.46. The Morgan fingerprint density at radius 2 is 2.00 bits per heavy atom. The Morgan fingerprint density at radius 3 is 2.65 bits per heavy atom. The van der Waals surface area contributed by atoms with Crippen LogP contribution in [-0.4, -0.2) is 53.0 Å². The van der Waals surface area contributed by atoms with E-state index in [9.17, 15) is 4.39 Å². The maximum absolute atomic E-state index is 13.5. The van der Waals surface area contributed by atoms with Gasteiger partial charge in [-0.1, -0.05) is 12.1 Å². The van der Waals surface area contributed by atoms with Crippen LogP contribution < -0.4 is 10.6 Å². The Hall–Kier alpha value is -0.930. The van der Waals surface area contributed by atoms with E-state index >= 15 is 0 Å². The van der Waals surface area contributed by atoms with Gasteiger partial charge in [0, 0.05) is 39.3 Å². The number of hydrogen-bond donors (Lipinski definition) is 2. The van der Waals surface area contributed by atoms with Gasteiger partial charge in [-0.25, -0.2) is 4.39 Å². The van der Waals surface area contributed by atoms with Crippen molar-refractivity contribution >= 4 is 29.9 Å². The first kappa shape index (κ1) is 23.1. The first-order valence-electron chi connectivity index (χ1n) is 8.97. The minimum absolute atomic E-state index is 0. The molecule has 0 aliphatic heterocycles. The number of nitrogens with zero attached hydrogens (tertiary/aromatic N) is 1. The second-order valence-electron chi connectivity index (χ2n) is 6.46. The van der Waals surface area contributed by atoms with Crippen LogP contribution in [0.3, 0.4) is 0 Å². The van der Waals surface area contributed by atoms with Crippen molar-refractivity contribution in [2.75, 3.05) is 47.1 Å². The van der Waals surface area contributed by atoms with E-state index in [4.69, 9.17) is 9.47 Å². The number of halogens is 2. The van der Waals surface area contributed by atoms with Crippen LogP contribution in [0.4, 0.5) is 4.39 Å². The standard InChI is InChI=1S/C19H30FN3O2.HI/c1-21-18(22-10-3-4-11-25-13-12-24-2)23-15-19(8-9-19)16-6-5-7-17(20)14-16;/h5-7,14H,3-4,8-13,15H2,1-2H3,(H2,21,22,23);1H. The van der Waals surface area contributed by atoms with Gasteiger partial charge in [0.25, 0.3) is 0 Å². The van der Waals surface area contributed by atoms with Gasteiger partial charge in [0.05, 0.1) is 13.2 Å². The number of benzene rings is 1. The number of ether oxygens (including phenoxy) is 2. The molecule has 2 N–H and O–H groups in total. The zero-order valence-electron chi connectivity index (χ0n) is 15.7. The normalized spacial score (nSPS) is 15.3. The van der Waals surface area contributed by atoms with E-state index in [0.717, 1.165) is 56.9 Å². The minimum atomic E-state index is -0.168. The molecule has 1 aliphatic carbocycles.